The largest absolute Gasteiger partial charge is 0.508 e. The van der Waals surface area contributed by atoms with E-state index in [1.165, 1.54) is 60.4 Å². The molecule has 17 nitrogen and oxygen atoms in total. The highest BCUT2D eigenvalue weighted by Gasteiger charge is 2.67. The van der Waals surface area contributed by atoms with Crippen molar-refractivity contribution in [3.05, 3.63) is 69.8 Å². The number of carboxylic acid groups (broad SMARTS) is 1. The van der Waals surface area contributed by atoms with Gasteiger partial charge in [0.25, 0.3) is 5.69 Å². The third-order valence-corrected chi connectivity index (χ3v) is 9.12. The van der Waals surface area contributed by atoms with E-state index in [4.69, 9.17) is 4.74 Å². The summed E-state index contributed by atoms with van der Waals surface area (Å²) in [6.07, 6.45) is 0. The molecule has 236 valence electrons. The number of hydrazine groups is 1. The predicted octanol–water partition coefficient (Wildman–Crippen LogP) is 0.0969. The second-order valence-electron chi connectivity index (χ2n) is 10.4. The molecule has 2 aromatic carbocycles. The number of nitrogens with zero attached hydrogens (tertiary/aromatic N) is 4. The zero-order chi connectivity index (χ0) is 32.6. The number of phenolic OH excluding ortho intramolecular Hbond substituents is 1. The normalized spacial score (nSPS) is 22.7. The van der Waals surface area contributed by atoms with Gasteiger partial charge in [0, 0.05) is 25.6 Å². The number of esters is 1. The molecule has 3 heterocycles. The Morgan fingerprint density at radius 2 is 1.78 bits per heavy atom. The van der Waals surface area contributed by atoms with Crippen LogP contribution in [0.3, 0.4) is 0 Å². The minimum atomic E-state index is -1.81. The summed E-state index contributed by atoms with van der Waals surface area (Å²) in [6, 6.07) is 8.25. The molecule has 2 aromatic rings. The summed E-state index contributed by atoms with van der Waals surface area (Å²) in [7, 11) is 0. The standard InChI is InChI=1S/C27H26N6O11S/c1-14(34)29-32-11-10-31(26(32)41)27(25(40)44-12-15-2-6-17(7-3-15)33(42)43)13-30-22(37)20(23(30)45-27)28-21(36)19(24(38)39)16-4-8-18(35)9-5-16/h2-9,19-20,23,35H,10-13H2,1H3,(H,28,36)(H,29,34)(H,38,39)/t19?,20-,23-,27-/m1/s1. The molecule has 5 rings (SSSR count). The molecule has 4 atom stereocenters. The molecular weight excluding hydrogens is 616 g/mol. The minimum absolute atomic E-state index is 0.0159. The van der Waals surface area contributed by atoms with E-state index in [1.54, 1.807) is 0 Å². The van der Waals surface area contributed by atoms with Crippen LogP contribution in [0.2, 0.25) is 0 Å². The molecule has 4 N–H and O–H groups in total. The van der Waals surface area contributed by atoms with E-state index < -0.39 is 62.8 Å². The van der Waals surface area contributed by atoms with Crippen LogP contribution in [0.1, 0.15) is 24.0 Å². The lowest BCUT2D eigenvalue weighted by atomic mass is 9.96. The molecule has 1 unspecified atom stereocenters. The number of aromatic hydroxyl groups is 1. The molecule has 3 aliphatic heterocycles. The summed E-state index contributed by atoms with van der Waals surface area (Å²) >= 11 is 0.863. The predicted molar refractivity (Wildman–Crippen MR) is 152 cm³/mol. The quantitative estimate of drug-likeness (QED) is 0.0889. The van der Waals surface area contributed by atoms with Gasteiger partial charge >= 0.3 is 18.0 Å². The van der Waals surface area contributed by atoms with Gasteiger partial charge < -0.3 is 25.2 Å². The molecule has 3 fully saturated rings. The van der Waals surface area contributed by atoms with E-state index in [-0.39, 0.29) is 43.2 Å². The number of β-lactam (4-membered cyclic amide) rings is 1. The number of ether oxygens (including phenoxy) is 1. The van der Waals surface area contributed by atoms with Crippen molar-refractivity contribution in [3.8, 4) is 5.75 Å². The number of urea groups is 1. The van der Waals surface area contributed by atoms with Crippen molar-refractivity contribution in [3.63, 3.8) is 0 Å². The van der Waals surface area contributed by atoms with Crippen LogP contribution in [-0.2, 0) is 35.3 Å². The number of amides is 5. The van der Waals surface area contributed by atoms with Gasteiger partial charge in [-0.1, -0.05) is 23.9 Å². The molecule has 0 spiro atoms. The highest BCUT2D eigenvalue weighted by Crippen LogP contribution is 2.50. The number of benzene rings is 2. The number of aliphatic carboxylic acids is 1. The number of nitro benzene ring substituents is 1. The first-order valence-electron chi connectivity index (χ1n) is 13.4. The number of hydrogen-bond acceptors (Lipinski definition) is 11. The van der Waals surface area contributed by atoms with Gasteiger partial charge in [-0.05, 0) is 35.4 Å². The average molecular weight is 643 g/mol. The van der Waals surface area contributed by atoms with Crippen LogP contribution < -0.4 is 10.7 Å². The van der Waals surface area contributed by atoms with E-state index in [0.29, 0.717) is 5.56 Å². The number of thioether (sulfide) groups is 1. The van der Waals surface area contributed by atoms with Gasteiger partial charge in [0.2, 0.25) is 22.6 Å². The number of fused-ring (bicyclic) bond motifs is 1. The first-order chi connectivity index (χ1) is 21.3. The summed E-state index contributed by atoms with van der Waals surface area (Å²) in [4.78, 5) is 88.0. The zero-order valence-electron chi connectivity index (χ0n) is 23.4. The smallest absolute Gasteiger partial charge is 0.345 e. The maximum atomic E-state index is 13.8. The molecule has 45 heavy (non-hydrogen) atoms. The van der Waals surface area contributed by atoms with E-state index in [9.17, 15) is 49.1 Å². The van der Waals surface area contributed by atoms with Gasteiger partial charge in [-0.3, -0.25) is 39.6 Å². The van der Waals surface area contributed by atoms with Crippen molar-refractivity contribution in [2.24, 2.45) is 0 Å². The van der Waals surface area contributed by atoms with Gasteiger partial charge in [-0.25, -0.2) is 14.6 Å². The lowest BCUT2D eigenvalue weighted by Crippen LogP contribution is -2.68. The Bertz CT molecular complexity index is 1590. The van der Waals surface area contributed by atoms with Crippen LogP contribution in [0.5, 0.6) is 5.75 Å². The Hall–Kier alpha value is -5.39. The van der Waals surface area contributed by atoms with Crippen LogP contribution in [0.15, 0.2) is 48.5 Å². The van der Waals surface area contributed by atoms with Crippen LogP contribution in [0.4, 0.5) is 10.5 Å². The molecule has 3 saturated heterocycles. The Morgan fingerprint density at radius 3 is 2.38 bits per heavy atom. The number of rotatable bonds is 10. The fraction of sp³-hybridized carbons (Fsp3) is 0.333. The van der Waals surface area contributed by atoms with Gasteiger partial charge in [-0.2, -0.15) is 0 Å². The maximum Gasteiger partial charge on any atom is 0.345 e. The number of carboxylic acids is 1. The van der Waals surface area contributed by atoms with Crippen LogP contribution >= 0.6 is 11.8 Å². The molecule has 5 amide bonds. The first kappa shape index (κ1) is 31.0. The molecule has 0 aromatic heterocycles. The first-order valence-corrected chi connectivity index (χ1v) is 14.3. The molecule has 0 bridgehead atoms. The van der Waals surface area contributed by atoms with Crippen molar-refractivity contribution in [1.29, 1.82) is 0 Å². The molecule has 18 heteroatoms. The number of carbonyl (C=O) groups is 6. The average Bonchev–Trinajstić information content (AvgIpc) is 3.54. The van der Waals surface area contributed by atoms with Gasteiger partial charge in [0.15, 0.2) is 5.92 Å². The van der Waals surface area contributed by atoms with Crippen molar-refractivity contribution < 1.29 is 48.6 Å². The molecular formula is C27H26N6O11S. The van der Waals surface area contributed by atoms with E-state index in [2.05, 4.69) is 10.7 Å². The van der Waals surface area contributed by atoms with Crippen LogP contribution in [0.25, 0.3) is 0 Å². The lowest BCUT2D eigenvalue weighted by Gasteiger charge is -2.41. The van der Waals surface area contributed by atoms with Crippen molar-refractivity contribution in [2.45, 2.75) is 35.7 Å². The Balaban J connectivity index is 1.37. The highest BCUT2D eigenvalue weighted by atomic mass is 32.2. The van der Waals surface area contributed by atoms with Gasteiger partial charge in [0.1, 0.15) is 23.8 Å². The number of carbonyl (C=O) groups excluding carboxylic acids is 5. The molecule has 0 saturated carbocycles. The molecule has 0 radical (unpaired) electrons. The van der Waals surface area contributed by atoms with Gasteiger partial charge in [0.05, 0.1) is 18.0 Å². The second-order valence-corrected chi connectivity index (χ2v) is 11.8. The molecule has 3 aliphatic rings. The monoisotopic (exact) mass is 642 g/mol. The van der Waals surface area contributed by atoms with Crippen LogP contribution in [-0.4, -0.2) is 102 Å². The van der Waals surface area contributed by atoms with Gasteiger partial charge in [-0.15, -0.1) is 0 Å². The Kier molecular flexibility index (Phi) is 8.24. The summed E-state index contributed by atoms with van der Waals surface area (Å²) in [6.45, 7) is 0.540. The summed E-state index contributed by atoms with van der Waals surface area (Å²) in [5.41, 5.74) is 2.68. The Labute approximate surface area is 258 Å². The summed E-state index contributed by atoms with van der Waals surface area (Å²) in [5, 5.41) is 32.8. The van der Waals surface area contributed by atoms with Crippen molar-refractivity contribution >= 4 is 53.1 Å². The van der Waals surface area contributed by atoms with Crippen molar-refractivity contribution in [1.82, 2.24) is 25.6 Å². The summed E-state index contributed by atoms with van der Waals surface area (Å²) < 4.78 is 5.55. The third kappa shape index (κ3) is 5.78. The van der Waals surface area contributed by atoms with E-state index in [1.807, 2.05) is 0 Å². The number of nitro groups is 1. The Morgan fingerprint density at radius 1 is 1.11 bits per heavy atom. The zero-order valence-corrected chi connectivity index (χ0v) is 24.3. The van der Waals surface area contributed by atoms with E-state index in [0.717, 1.165) is 21.7 Å². The number of non-ortho nitro benzene ring substituents is 1. The fourth-order valence-electron chi connectivity index (χ4n) is 5.25. The van der Waals surface area contributed by atoms with Crippen LogP contribution in [0, 0.1) is 10.1 Å². The highest BCUT2D eigenvalue weighted by molar-refractivity contribution is 8.02. The minimum Gasteiger partial charge on any atom is -0.508 e. The second kappa shape index (κ2) is 11.9. The maximum absolute atomic E-state index is 13.8. The molecule has 0 aliphatic carbocycles. The van der Waals surface area contributed by atoms with Crippen molar-refractivity contribution in [2.75, 3.05) is 19.6 Å². The lowest BCUT2D eigenvalue weighted by molar-refractivity contribution is -0.384. The summed E-state index contributed by atoms with van der Waals surface area (Å²) in [5.74, 6) is -6.40. The number of hydrogen-bond donors (Lipinski definition) is 4. The number of phenols is 1. The SMILES string of the molecule is CC(=O)NN1CCN([C@]2(C(=O)OCc3ccc([N+](=O)[O-])cc3)CN3C(=O)[C@@H](NC(=O)C(C(=O)O)c4ccc(O)cc4)[C@H]3S2)C1=O. The fourth-order valence-corrected chi connectivity index (χ4v) is 6.94. The van der Waals surface area contributed by atoms with E-state index >= 15 is 0 Å². The topological polar surface area (TPSA) is 229 Å². The number of nitrogens with one attached hydrogen (secondary N) is 2. The third-order valence-electron chi connectivity index (χ3n) is 7.45.